The Hall–Kier alpha value is -1.88. The Morgan fingerprint density at radius 3 is 2.00 bits per heavy atom. The summed E-state index contributed by atoms with van der Waals surface area (Å²) in [5.74, 6) is -1.99. The maximum atomic E-state index is 13.0. The van der Waals surface area contributed by atoms with Crippen molar-refractivity contribution in [1.29, 1.82) is 0 Å². The van der Waals surface area contributed by atoms with Gasteiger partial charge in [-0.15, -0.1) is 0 Å². The van der Waals surface area contributed by atoms with Crippen molar-refractivity contribution in [2.45, 2.75) is 6.04 Å². The summed E-state index contributed by atoms with van der Waals surface area (Å²) in [7, 11) is 0. The highest BCUT2D eigenvalue weighted by Gasteiger charge is 2.12. The highest BCUT2D eigenvalue weighted by atomic mass is 19.1. The summed E-state index contributed by atoms with van der Waals surface area (Å²) in [6.07, 6.45) is 2.39. The van der Waals surface area contributed by atoms with Crippen LogP contribution in [0.15, 0.2) is 36.7 Å². The van der Waals surface area contributed by atoms with Crippen molar-refractivity contribution < 1.29 is 13.2 Å². The summed E-state index contributed by atoms with van der Waals surface area (Å²) in [6.45, 7) is 0. The van der Waals surface area contributed by atoms with Gasteiger partial charge < -0.3 is 5.73 Å². The van der Waals surface area contributed by atoms with Crippen LogP contribution in [0.5, 0.6) is 0 Å². The largest absolute Gasteiger partial charge is 0.320 e. The van der Waals surface area contributed by atoms with E-state index >= 15 is 0 Å². The molecular weight excluding hydrogens is 229 g/mol. The first-order valence-corrected chi connectivity index (χ1v) is 4.88. The first-order chi connectivity index (χ1) is 8.06. The predicted octanol–water partition coefficient (Wildman–Crippen LogP) is 2.55. The normalized spacial score (nSPS) is 12.5. The number of benzene rings is 1. The van der Waals surface area contributed by atoms with Crippen molar-refractivity contribution >= 4 is 0 Å². The van der Waals surface area contributed by atoms with Gasteiger partial charge in [-0.25, -0.2) is 13.2 Å². The van der Waals surface area contributed by atoms with Crippen molar-refractivity contribution in [1.82, 2.24) is 4.98 Å². The van der Waals surface area contributed by atoms with Gasteiger partial charge in [0.1, 0.15) is 17.5 Å². The van der Waals surface area contributed by atoms with Gasteiger partial charge in [0.15, 0.2) is 0 Å². The highest BCUT2D eigenvalue weighted by molar-refractivity contribution is 5.30. The quantitative estimate of drug-likeness (QED) is 0.873. The third kappa shape index (κ3) is 2.62. The van der Waals surface area contributed by atoms with E-state index in [1.165, 1.54) is 12.3 Å². The fourth-order valence-corrected chi connectivity index (χ4v) is 1.55. The minimum atomic E-state index is -0.816. The molecule has 2 aromatic rings. The second-order valence-electron chi connectivity index (χ2n) is 3.62. The summed E-state index contributed by atoms with van der Waals surface area (Å²) in [5, 5.41) is 0. The average molecular weight is 238 g/mol. The molecule has 1 heterocycles. The maximum Gasteiger partial charge on any atom is 0.141 e. The minimum Gasteiger partial charge on any atom is -0.320 e. The van der Waals surface area contributed by atoms with E-state index in [9.17, 15) is 13.2 Å². The lowest BCUT2D eigenvalue weighted by Crippen LogP contribution is -2.13. The average Bonchev–Trinajstić information content (AvgIpc) is 2.26. The molecule has 0 aliphatic heterocycles. The molecule has 1 aromatic heterocycles. The van der Waals surface area contributed by atoms with Gasteiger partial charge in [-0.2, -0.15) is 0 Å². The minimum absolute atomic E-state index is 0.231. The third-order valence-corrected chi connectivity index (χ3v) is 2.33. The smallest absolute Gasteiger partial charge is 0.141 e. The Balaban J connectivity index is 2.39. The van der Waals surface area contributed by atoms with Crippen LogP contribution in [0.2, 0.25) is 0 Å². The Kier molecular flexibility index (Phi) is 3.10. The zero-order chi connectivity index (χ0) is 12.4. The van der Waals surface area contributed by atoms with Crippen molar-refractivity contribution in [3.63, 3.8) is 0 Å². The van der Waals surface area contributed by atoms with Crippen LogP contribution in [-0.4, -0.2) is 4.98 Å². The molecule has 0 bridgehead atoms. The lowest BCUT2D eigenvalue weighted by molar-refractivity contribution is 0.577. The molecule has 1 atom stereocenters. The number of hydrogen-bond donors (Lipinski definition) is 1. The summed E-state index contributed by atoms with van der Waals surface area (Å²) >= 11 is 0. The second kappa shape index (κ2) is 4.55. The van der Waals surface area contributed by atoms with Gasteiger partial charge >= 0.3 is 0 Å². The molecule has 0 saturated heterocycles. The molecule has 1 unspecified atom stereocenters. The topological polar surface area (TPSA) is 38.9 Å². The van der Waals surface area contributed by atoms with E-state index in [-0.39, 0.29) is 5.56 Å². The Bertz CT molecular complexity index is 523. The second-order valence-corrected chi connectivity index (χ2v) is 3.62. The molecule has 0 spiro atoms. The van der Waals surface area contributed by atoms with Gasteiger partial charge in [-0.1, -0.05) is 0 Å². The molecule has 17 heavy (non-hydrogen) atoms. The van der Waals surface area contributed by atoms with Crippen LogP contribution in [0.1, 0.15) is 17.2 Å². The van der Waals surface area contributed by atoms with Gasteiger partial charge in [0.25, 0.3) is 0 Å². The molecule has 5 heteroatoms. The molecule has 0 amide bonds. The van der Waals surface area contributed by atoms with Gasteiger partial charge in [-0.3, -0.25) is 4.98 Å². The predicted molar refractivity (Wildman–Crippen MR) is 56.6 cm³/mol. The van der Waals surface area contributed by atoms with E-state index in [0.717, 1.165) is 24.4 Å². The zero-order valence-corrected chi connectivity index (χ0v) is 8.70. The number of pyridine rings is 1. The lowest BCUT2D eigenvalue weighted by atomic mass is 10.0. The molecule has 2 nitrogen and oxygen atoms in total. The van der Waals surface area contributed by atoms with Crippen LogP contribution in [-0.2, 0) is 0 Å². The standard InChI is InChI=1S/C12H9F3N2/c13-9-1-7(2-10(14)4-9)12(16)8-3-11(15)6-17-5-8/h1-6,12H,16H2. The summed E-state index contributed by atoms with van der Waals surface area (Å²) < 4.78 is 38.9. The Morgan fingerprint density at radius 1 is 0.824 bits per heavy atom. The van der Waals surface area contributed by atoms with Crippen molar-refractivity contribution in [3.8, 4) is 0 Å². The lowest BCUT2D eigenvalue weighted by Gasteiger charge is -2.12. The molecule has 0 fully saturated rings. The fraction of sp³-hybridized carbons (Fsp3) is 0.0833. The molecule has 0 aliphatic rings. The molecule has 1 aromatic carbocycles. The number of aromatic nitrogens is 1. The molecule has 0 radical (unpaired) electrons. The van der Waals surface area contributed by atoms with E-state index in [0.29, 0.717) is 5.56 Å². The molecule has 88 valence electrons. The Morgan fingerprint density at radius 2 is 1.41 bits per heavy atom. The summed E-state index contributed by atoms with van der Waals surface area (Å²) in [4.78, 5) is 3.63. The third-order valence-electron chi connectivity index (χ3n) is 2.33. The SMILES string of the molecule is NC(c1cncc(F)c1)c1cc(F)cc(F)c1. The first kappa shape index (κ1) is 11.6. The van der Waals surface area contributed by atoms with Crippen molar-refractivity contribution in [2.24, 2.45) is 5.73 Å². The van der Waals surface area contributed by atoms with E-state index in [2.05, 4.69) is 4.98 Å². The van der Waals surface area contributed by atoms with E-state index in [4.69, 9.17) is 5.73 Å². The van der Waals surface area contributed by atoms with Crippen molar-refractivity contribution in [2.75, 3.05) is 0 Å². The molecule has 2 rings (SSSR count). The van der Waals surface area contributed by atoms with E-state index in [1.807, 2.05) is 0 Å². The number of hydrogen-bond acceptors (Lipinski definition) is 2. The highest BCUT2D eigenvalue weighted by Crippen LogP contribution is 2.21. The van der Waals surface area contributed by atoms with Crippen LogP contribution in [0, 0.1) is 17.5 Å². The van der Waals surface area contributed by atoms with E-state index in [1.54, 1.807) is 0 Å². The monoisotopic (exact) mass is 238 g/mol. The number of nitrogens with two attached hydrogens (primary N) is 1. The fourth-order valence-electron chi connectivity index (χ4n) is 1.55. The summed E-state index contributed by atoms with van der Waals surface area (Å²) in [6, 6.07) is 3.33. The van der Waals surface area contributed by atoms with E-state index < -0.39 is 23.5 Å². The number of nitrogens with zero attached hydrogens (tertiary/aromatic N) is 1. The van der Waals surface area contributed by atoms with Crippen LogP contribution in [0.25, 0.3) is 0 Å². The van der Waals surface area contributed by atoms with Crippen LogP contribution in [0.3, 0.4) is 0 Å². The van der Waals surface area contributed by atoms with Crippen LogP contribution in [0.4, 0.5) is 13.2 Å². The maximum absolute atomic E-state index is 13.0. The van der Waals surface area contributed by atoms with Gasteiger partial charge in [-0.05, 0) is 29.3 Å². The van der Waals surface area contributed by atoms with Gasteiger partial charge in [0.05, 0.1) is 12.2 Å². The molecule has 0 aliphatic carbocycles. The molecule has 2 N–H and O–H groups in total. The van der Waals surface area contributed by atoms with Crippen LogP contribution < -0.4 is 5.73 Å². The molecule has 0 saturated carbocycles. The number of rotatable bonds is 2. The zero-order valence-electron chi connectivity index (χ0n) is 8.70. The van der Waals surface area contributed by atoms with Crippen LogP contribution >= 0.6 is 0 Å². The number of halogens is 3. The Labute approximate surface area is 95.9 Å². The van der Waals surface area contributed by atoms with Gasteiger partial charge in [0.2, 0.25) is 0 Å². The van der Waals surface area contributed by atoms with Gasteiger partial charge in [0, 0.05) is 12.3 Å². The first-order valence-electron chi connectivity index (χ1n) is 4.88. The summed E-state index contributed by atoms with van der Waals surface area (Å²) in [5.41, 5.74) is 6.37. The van der Waals surface area contributed by atoms with Crippen molar-refractivity contribution in [3.05, 3.63) is 65.2 Å². The molecular formula is C12H9F3N2.